The largest absolute Gasteiger partial charge is 0.465 e. The van der Waals surface area contributed by atoms with E-state index in [-0.39, 0.29) is 11.4 Å². The van der Waals surface area contributed by atoms with Crippen LogP contribution in [0.3, 0.4) is 0 Å². The van der Waals surface area contributed by atoms with E-state index in [0.717, 1.165) is 24.2 Å². The Hall–Kier alpha value is -3.54. The summed E-state index contributed by atoms with van der Waals surface area (Å²) in [5, 5.41) is 3.77. The lowest BCUT2D eigenvalue weighted by Gasteiger charge is -2.46. The average molecular weight is 401 g/mol. The first-order valence-electron chi connectivity index (χ1n) is 10.1. The molecule has 152 valence electrons. The molecule has 3 aromatic rings. The van der Waals surface area contributed by atoms with Gasteiger partial charge in [0.05, 0.1) is 29.6 Å². The molecule has 3 heterocycles. The van der Waals surface area contributed by atoms with Crippen LogP contribution >= 0.6 is 0 Å². The lowest BCUT2D eigenvalue weighted by molar-refractivity contribution is 0.0598. The van der Waals surface area contributed by atoms with Crippen molar-refractivity contribution in [3.63, 3.8) is 0 Å². The minimum absolute atomic E-state index is 0.00661. The number of hydrogen-bond donors (Lipinski definition) is 1. The number of esters is 1. The highest BCUT2D eigenvalue weighted by atomic mass is 16.5. The SMILES string of the molecule is COC(=O)c1ccc(C(=O)N2CCC3(CC2)Nc2ccccc2-n2cccc23)cc1. The van der Waals surface area contributed by atoms with Crippen molar-refractivity contribution < 1.29 is 14.3 Å². The molecule has 2 aliphatic heterocycles. The minimum Gasteiger partial charge on any atom is -0.465 e. The van der Waals surface area contributed by atoms with Gasteiger partial charge in [-0.2, -0.15) is 0 Å². The number of nitrogens with zero attached hydrogens (tertiary/aromatic N) is 2. The van der Waals surface area contributed by atoms with Crippen LogP contribution in [-0.2, 0) is 10.3 Å². The Morgan fingerprint density at radius 3 is 2.37 bits per heavy atom. The lowest BCUT2D eigenvalue weighted by Crippen LogP contribution is -2.51. The van der Waals surface area contributed by atoms with Crippen LogP contribution in [0.5, 0.6) is 0 Å². The number of amides is 1. The number of hydrogen-bond acceptors (Lipinski definition) is 4. The molecular formula is C24H23N3O3. The van der Waals surface area contributed by atoms with Gasteiger partial charge in [0, 0.05) is 30.5 Å². The third-order valence-corrected chi connectivity index (χ3v) is 6.23. The van der Waals surface area contributed by atoms with E-state index >= 15 is 0 Å². The van der Waals surface area contributed by atoms with Crippen molar-refractivity contribution in [1.29, 1.82) is 0 Å². The maximum Gasteiger partial charge on any atom is 0.337 e. The molecule has 0 radical (unpaired) electrons. The molecule has 30 heavy (non-hydrogen) atoms. The highest BCUT2D eigenvalue weighted by Crippen LogP contribution is 2.43. The average Bonchev–Trinajstić information content (AvgIpc) is 3.30. The monoisotopic (exact) mass is 401 g/mol. The number of methoxy groups -OCH3 is 1. The predicted octanol–water partition coefficient (Wildman–Crippen LogP) is 3.82. The fourth-order valence-electron chi connectivity index (χ4n) is 4.61. The van der Waals surface area contributed by atoms with Gasteiger partial charge in [0.15, 0.2) is 0 Å². The van der Waals surface area contributed by atoms with E-state index in [1.165, 1.54) is 12.8 Å². The molecule has 0 aliphatic carbocycles. The Labute approximate surface area is 175 Å². The topological polar surface area (TPSA) is 63.6 Å². The van der Waals surface area contributed by atoms with Gasteiger partial charge in [0.2, 0.25) is 0 Å². The number of aromatic nitrogens is 1. The van der Waals surface area contributed by atoms with Gasteiger partial charge in [-0.15, -0.1) is 0 Å². The van der Waals surface area contributed by atoms with Gasteiger partial charge in [0.1, 0.15) is 0 Å². The number of rotatable bonds is 2. The van der Waals surface area contributed by atoms with Crippen molar-refractivity contribution in [3.8, 4) is 5.69 Å². The molecule has 1 spiro atoms. The standard InChI is InChI=1S/C24H23N3O3/c1-30-23(29)18-10-8-17(9-11-18)22(28)26-15-12-24(13-16-26)21-7-4-14-27(21)20-6-3-2-5-19(20)25-24/h2-11,14,25H,12-13,15-16H2,1H3. The molecule has 5 rings (SSSR count). The zero-order valence-electron chi connectivity index (χ0n) is 16.8. The maximum atomic E-state index is 13.0. The normalized spacial score (nSPS) is 16.4. The zero-order valence-corrected chi connectivity index (χ0v) is 16.8. The molecule has 2 aliphatic rings. The second kappa shape index (κ2) is 7.06. The van der Waals surface area contributed by atoms with E-state index in [2.05, 4.69) is 46.4 Å². The third kappa shape index (κ3) is 2.87. The maximum absolute atomic E-state index is 13.0. The molecular weight excluding hydrogens is 378 g/mol. The van der Waals surface area contributed by atoms with E-state index in [0.29, 0.717) is 24.2 Å². The molecule has 1 aromatic heterocycles. The quantitative estimate of drug-likeness (QED) is 0.663. The first-order chi connectivity index (χ1) is 14.6. The number of ether oxygens (including phenoxy) is 1. The molecule has 1 N–H and O–H groups in total. The number of likely N-dealkylation sites (tertiary alicyclic amines) is 1. The van der Waals surface area contributed by atoms with E-state index < -0.39 is 5.97 Å². The summed E-state index contributed by atoms with van der Waals surface area (Å²) in [7, 11) is 1.35. The molecule has 1 saturated heterocycles. The number of piperidine rings is 1. The summed E-state index contributed by atoms with van der Waals surface area (Å²) < 4.78 is 6.98. The van der Waals surface area contributed by atoms with Gasteiger partial charge in [0.25, 0.3) is 5.91 Å². The lowest BCUT2D eigenvalue weighted by atomic mass is 9.82. The van der Waals surface area contributed by atoms with Gasteiger partial charge in [-0.3, -0.25) is 4.79 Å². The summed E-state index contributed by atoms with van der Waals surface area (Å²) in [5.41, 5.74) is 4.38. The zero-order chi connectivity index (χ0) is 20.7. The highest BCUT2D eigenvalue weighted by molar-refractivity contribution is 5.96. The van der Waals surface area contributed by atoms with Crippen LogP contribution in [0.1, 0.15) is 39.3 Å². The van der Waals surface area contributed by atoms with Gasteiger partial charge in [-0.25, -0.2) is 4.79 Å². The van der Waals surface area contributed by atoms with Crippen molar-refractivity contribution in [1.82, 2.24) is 9.47 Å². The molecule has 0 atom stereocenters. The van der Waals surface area contributed by atoms with Crippen LogP contribution in [-0.4, -0.2) is 41.5 Å². The number of nitrogens with one attached hydrogen (secondary N) is 1. The molecule has 1 amide bonds. The summed E-state index contributed by atoms with van der Waals surface area (Å²) in [6.07, 6.45) is 3.77. The van der Waals surface area contributed by atoms with Crippen molar-refractivity contribution in [2.24, 2.45) is 0 Å². The Morgan fingerprint density at radius 2 is 1.63 bits per heavy atom. The Kier molecular flexibility index (Phi) is 4.35. The van der Waals surface area contributed by atoms with Crippen molar-refractivity contribution in [2.75, 3.05) is 25.5 Å². The van der Waals surface area contributed by atoms with Crippen LogP contribution in [0.15, 0.2) is 66.9 Å². The van der Waals surface area contributed by atoms with Crippen LogP contribution in [0.2, 0.25) is 0 Å². The molecule has 1 fully saturated rings. The number of benzene rings is 2. The number of carbonyl (C=O) groups excluding carboxylic acids is 2. The number of para-hydroxylation sites is 2. The van der Waals surface area contributed by atoms with Gasteiger partial charge in [-0.1, -0.05) is 12.1 Å². The number of anilines is 1. The first kappa shape index (κ1) is 18.5. The Morgan fingerprint density at radius 1 is 0.933 bits per heavy atom. The number of carbonyl (C=O) groups is 2. The van der Waals surface area contributed by atoms with Crippen LogP contribution in [0.4, 0.5) is 5.69 Å². The second-order valence-corrected chi connectivity index (χ2v) is 7.85. The van der Waals surface area contributed by atoms with E-state index in [9.17, 15) is 9.59 Å². The first-order valence-corrected chi connectivity index (χ1v) is 10.1. The summed E-state index contributed by atoms with van der Waals surface area (Å²) in [6, 6.07) is 19.2. The fraction of sp³-hybridized carbons (Fsp3) is 0.250. The van der Waals surface area contributed by atoms with E-state index in [1.807, 2.05) is 11.0 Å². The predicted molar refractivity (Wildman–Crippen MR) is 114 cm³/mol. The highest BCUT2D eigenvalue weighted by Gasteiger charge is 2.42. The van der Waals surface area contributed by atoms with E-state index in [1.54, 1.807) is 24.3 Å². The van der Waals surface area contributed by atoms with Crippen LogP contribution < -0.4 is 5.32 Å². The molecule has 6 heteroatoms. The minimum atomic E-state index is -0.402. The molecule has 0 bridgehead atoms. The number of fused-ring (bicyclic) bond motifs is 4. The third-order valence-electron chi connectivity index (χ3n) is 6.23. The molecule has 6 nitrogen and oxygen atoms in total. The van der Waals surface area contributed by atoms with E-state index in [4.69, 9.17) is 4.74 Å². The molecule has 0 unspecified atom stereocenters. The molecule has 0 saturated carbocycles. The van der Waals surface area contributed by atoms with Gasteiger partial charge >= 0.3 is 5.97 Å². The summed E-state index contributed by atoms with van der Waals surface area (Å²) in [6.45, 7) is 1.33. The summed E-state index contributed by atoms with van der Waals surface area (Å²) in [4.78, 5) is 26.5. The summed E-state index contributed by atoms with van der Waals surface area (Å²) in [5.74, 6) is -0.409. The fourth-order valence-corrected chi connectivity index (χ4v) is 4.61. The summed E-state index contributed by atoms with van der Waals surface area (Å²) >= 11 is 0. The van der Waals surface area contributed by atoms with Crippen molar-refractivity contribution >= 4 is 17.6 Å². The van der Waals surface area contributed by atoms with Gasteiger partial charge < -0.3 is 19.5 Å². The van der Waals surface area contributed by atoms with Crippen LogP contribution in [0, 0.1) is 0 Å². The Bertz CT molecular complexity index is 1110. The molecule has 2 aromatic carbocycles. The smallest absolute Gasteiger partial charge is 0.337 e. The second-order valence-electron chi connectivity index (χ2n) is 7.85. The van der Waals surface area contributed by atoms with Crippen LogP contribution in [0.25, 0.3) is 5.69 Å². The van der Waals surface area contributed by atoms with Crippen molar-refractivity contribution in [3.05, 3.63) is 83.7 Å². The van der Waals surface area contributed by atoms with Gasteiger partial charge in [-0.05, 0) is 61.4 Å². The van der Waals surface area contributed by atoms with Crippen molar-refractivity contribution in [2.45, 2.75) is 18.4 Å². The Balaban J connectivity index is 1.34.